The number of rotatable bonds is 6. The molecule has 200 valence electrons. The molecule has 1 saturated heterocycles. The Morgan fingerprint density at radius 2 is 2.14 bits per heavy atom. The summed E-state index contributed by atoms with van der Waals surface area (Å²) >= 11 is 0. The maximum atomic E-state index is 13.4. The molecule has 37 heavy (non-hydrogen) atoms. The molecule has 0 radical (unpaired) electrons. The molecule has 0 saturated carbocycles. The number of hydrazone groups is 1. The summed E-state index contributed by atoms with van der Waals surface area (Å²) in [4.78, 5) is 15.8. The summed E-state index contributed by atoms with van der Waals surface area (Å²) in [6.45, 7) is 1.99. The Hall–Kier alpha value is -3.21. The quantitative estimate of drug-likeness (QED) is 0.446. The van der Waals surface area contributed by atoms with Gasteiger partial charge in [-0.3, -0.25) is 15.2 Å². The van der Waals surface area contributed by atoms with Crippen LogP contribution in [0.25, 0.3) is 0 Å². The van der Waals surface area contributed by atoms with E-state index in [1.807, 2.05) is 18.0 Å². The van der Waals surface area contributed by atoms with E-state index in [1.165, 1.54) is 0 Å². The monoisotopic (exact) mass is 516 g/mol. The summed E-state index contributed by atoms with van der Waals surface area (Å²) in [6, 6.07) is 3.77. The van der Waals surface area contributed by atoms with Gasteiger partial charge in [0.05, 0.1) is 19.2 Å². The number of ether oxygens (including phenoxy) is 2. The van der Waals surface area contributed by atoms with Crippen molar-refractivity contribution in [3.63, 3.8) is 0 Å². The number of likely N-dealkylation sites (N-methyl/N-ethyl adjacent to an activating group) is 1. The Bertz CT molecular complexity index is 1120. The van der Waals surface area contributed by atoms with E-state index in [4.69, 9.17) is 9.47 Å². The molecule has 2 N–H and O–H groups in total. The molecule has 1 fully saturated rings. The summed E-state index contributed by atoms with van der Waals surface area (Å²) in [5, 5.41) is 18.9. The van der Waals surface area contributed by atoms with Gasteiger partial charge in [-0.1, -0.05) is 0 Å². The van der Waals surface area contributed by atoms with Crippen molar-refractivity contribution in [2.75, 3.05) is 51.3 Å². The smallest absolute Gasteiger partial charge is 0.387 e. The number of amides is 1. The fraction of sp³-hybridized carbons (Fsp3) is 0.577. The van der Waals surface area contributed by atoms with Crippen molar-refractivity contribution in [2.24, 2.45) is 5.10 Å². The lowest BCUT2D eigenvalue weighted by atomic mass is 9.92. The summed E-state index contributed by atoms with van der Waals surface area (Å²) in [5.41, 5.74) is 4.09. The van der Waals surface area contributed by atoms with Crippen LogP contribution < -0.4 is 15.0 Å². The minimum atomic E-state index is -2.96. The Kier molecular flexibility index (Phi) is 7.32. The molecule has 0 spiro atoms. The van der Waals surface area contributed by atoms with Gasteiger partial charge in [-0.2, -0.15) is 13.9 Å². The zero-order chi connectivity index (χ0) is 26.1. The number of nitrogens with one attached hydrogen (secondary N) is 2. The number of carbonyl (C=O) groups is 1. The first-order valence-electron chi connectivity index (χ1n) is 12.8. The van der Waals surface area contributed by atoms with E-state index < -0.39 is 6.61 Å². The van der Waals surface area contributed by atoms with E-state index in [9.17, 15) is 19.0 Å². The molecule has 0 aliphatic carbocycles. The molecule has 9 nitrogen and oxygen atoms in total. The van der Waals surface area contributed by atoms with Crippen LogP contribution in [0.2, 0.25) is 0 Å². The second-order valence-corrected chi connectivity index (χ2v) is 10.1. The van der Waals surface area contributed by atoms with Crippen molar-refractivity contribution < 1.29 is 23.0 Å². The summed E-state index contributed by atoms with van der Waals surface area (Å²) < 4.78 is 37.4. The number of aryl methyl sites for hydroxylation is 1. The zero-order valence-corrected chi connectivity index (χ0v) is 21.3. The molecule has 5 rings (SSSR count). The lowest BCUT2D eigenvalue weighted by Gasteiger charge is -2.37. The summed E-state index contributed by atoms with van der Waals surface area (Å²) in [5.74, 6) is 0.220. The first-order valence-corrected chi connectivity index (χ1v) is 12.8. The van der Waals surface area contributed by atoms with E-state index in [0.29, 0.717) is 57.1 Å². The molecule has 0 aromatic heterocycles. The van der Waals surface area contributed by atoms with Crippen molar-refractivity contribution >= 4 is 23.6 Å². The van der Waals surface area contributed by atoms with Crippen molar-refractivity contribution in [2.45, 2.75) is 51.2 Å². The lowest BCUT2D eigenvalue weighted by Crippen LogP contribution is -2.46. The Labute approximate surface area is 215 Å². The van der Waals surface area contributed by atoms with Gasteiger partial charge in [0.2, 0.25) is 5.91 Å². The molecule has 4 aliphatic heterocycles. The topological polar surface area (TPSA) is 93.5 Å². The third kappa shape index (κ3) is 5.41. The normalized spacial score (nSPS) is 23.6. The van der Waals surface area contributed by atoms with Crippen LogP contribution in [0.1, 0.15) is 43.2 Å². The Morgan fingerprint density at radius 1 is 1.30 bits per heavy atom. The van der Waals surface area contributed by atoms with Crippen LogP contribution in [0.5, 0.6) is 5.75 Å². The van der Waals surface area contributed by atoms with E-state index in [-0.39, 0.29) is 29.5 Å². The minimum absolute atomic E-state index is 0.0342. The molecule has 1 aromatic rings. The number of alkyl halides is 2. The number of carbonyl (C=O) groups excluding carboxylic acids is 1. The Balaban J connectivity index is 1.50. The highest BCUT2D eigenvalue weighted by molar-refractivity contribution is 6.09. The number of amidine groups is 1. The number of halogens is 2. The van der Waals surface area contributed by atoms with Gasteiger partial charge in [0.1, 0.15) is 11.6 Å². The maximum absolute atomic E-state index is 13.4. The second-order valence-electron chi connectivity index (χ2n) is 10.1. The molecular weight excluding hydrogens is 482 g/mol. The number of fused-ring (bicyclic) bond motifs is 1. The second kappa shape index (κ2) is 10.6. The molecule has 1 aromatic carbocycles. The van der Waals surface area contributed by atoms with Crippen molar-refractivity contribution in [1.29, 1.82) is 5.41 Å². The van der Waals surface area contributed by atoms with Crippen LogP contribution in [0, 0.1) is 5.41 Å². The fourth-order valence-electron chi connectivity index (χ4n) is 5.57. The first kappa shape index (κ1) is 25.4. The largest absolute Gasteiger partial charge is 0.434 e. The van der Waals surface area contributed by atoms with Crippen LogP contribution >= 0.6 is 0 Å². The molecule has 1 amide bonds. The number of hydrogen-bond donors (Lipinski definition) is 2. The third-order valence-electron chi connectivity index (χ3n) is 7.50. The molecule has 11 heteroatoms. The highest BCUT2D eigenvalue weighted by Gasteiger charge is 2.32. The molecule has 2 atom stereocenters. The lowest BCUT2D eigenvalue weighted by molar-refractivity contribution is -0.128. The average Bonchev–Trinajstić information content (AvgIpc) is 3.54. The van der Waals surface area contributed by atoms with Crippen LogP contribution in [0.3, 0.4) is 0 Å². The number of hydrogen-bond acceptors (Lipinski definition) is 7. The van der Waals surface area contributed by atoms with Crippen molar-refractivity contribution in [3.05, 3.63) is 34.5 Å². The molecule has 4 aliphatic rings. The van der Waals surface area contributed by atoms with Gasteiger partial charge in [-0.05, 0) is 30.9 Å². The highest BCUT2D eigenvalue weighted by Crippen LogP contribution is 2.39. The number of nitrogens with zero attached hydrogens (tertiary/aromatic N) is 4. The zero-order valence-electron chi connectivity index (χ0n) is 21.3. The third-order valence-corrected chi connectivity index (χ3v) is 7.50. The van der Waals surface area contributed by atoms with Crippen LogP contribution in [0.15, 0.2) is 28.5 Å². The average molecular weight is 517 g/mol. The first-order chi connectivity index (χ1) is 17.8. The van der Waals surface area contributed by atoms with Crippen LogP contribution in [0.4, 0.5) is 14.5 Å². The van der Waals surface area contributed by atoms with Gasteiger partial charge >= 0.3 is 6.61 Å². The van der Waals surface area contributed by atoms with Gasteiger partial charge in [0.15, 0.2) is 0 Å². The molecule has 1 unspecified atom stereocenters. The maximum Gasteiger partial charge on any atom is 0.387 e. The summed E-state index contributed by atoms with van der Waals surface area (Å²) in [6.07, 6.45) is 4.89. The van der Waals surface area contributed by atoms with Gasteiger partial charge in [0, 0.05) is 87.4 Å². The predicted octanol–water partition coefficient (Wildman–Crippen LogP) is 2.92. The fourth-order valence-corrected chi connectivity index (χ4v) is 5.57. The standard InChI is InChI=1S/C26H34F2N6O3/c1-16(35)33-8-5-22(31-19-6-9-36-15-19)21(14-33)25(29)34-7-3-4-17-10-20(18-12-30-32(2)13-18)24(11-23(17)34)37-26(27)28/h10-12,18-19,26,29,31H,3-9,13-15H2,1-2H3/t18?,19-/m0/s1. The van der Waals surface area contributed by atoms with Crippen molar-refractivity contribution in [1.82, 2.24) is 15.2 Å². The van der Waals surface area contributed by atoms with E-state index in [2.05, 4.69) is 10.4 Å². The highest BCUT2D eigenvalue weighted by atomic mass is 19.3. The van der Waals surface area contributed by atoms with Gasteiger partial charge in [-0.15, -0.1) is 0 Å². The summed E-state index contributed by atoms with van der Waals surface area (Å²) in [7, 11) is 1.84. The predicted molar refractivity (Wildman–Crippen MR) is 137 cm³/mol. The van der Waals surface area contributed by atoms with E-state index >= 15 is 0 Å². The molecule has 4 heterocycles. The van der Waals surface area contributed by atoms with Crippen LogP contribution in [-0.2, 0) is 16.0 Å². The minimum Gasteiger partial charge on any atom is -0.434 e. The molecular formula is C26H34F2N6O3. The molecule has 0 bridgehead atoms. The van der Waals surface area contributed by atoms with Crippen molar-refractivity contribution in [3.8, 4) is 5.75 Å². The van der Waals surface area contributed by atoms with E-state index in [0.717, 1.165) is 36.1 Å². The van der Waals surface area contributed by atoms with Gasteiger partial charge in [0.25, 0.3) is 0 Å². The number of benzene rings is 1. The van der Waals surface area contributed by atoms with Gasteiger partial charge < -0.3 is 24.6 Å². The number of anilines is 1. The van der Waals surface area contributed by atoms with Crippen LogP contribution in [-0.4, -0.2) is 87.0 Å². The van der Waals surface area contributed by atoms with E-state index in [1.54, 1.807) is 29.1 Å². The van der Waals surface area contributed by atoms with Gasteiger partial charge in [-0.25, -0.2) is 0 Å². The Morgan fingerprint density at radius 3 is 2.81 bits per heavy atom. The SMILES string of the molecule is CC(=O)N1CCC(N[C@H]2CCOC2)=C(C(=N)N2CCCc3cc(C4C=NN(C)C4)c(OC(F)F)cc32)C1.